The number of fused-ring (bicyclic) bond motifs is 3. The quantitative estimate of drug-likeness (QED) is 0.0292. The molecule has 6 N–H and O–H groups in total. The molecule has 0 fully saturated rings. The van der Waals surface area contributed by atoms with Crippen molar-refractivity contribution in [2.24, 2.45) is 0 Å². The molecular weight excluding hydrogens is 1150 g/mol. The number of rotatable bonds is 19. The summed E-state index contributed by atoms with van der Waals surface area (Å²) in [6.45, 7) is 12.0. The van der Waals surface area contributed by atoms with Gasteiger partial charge in [0.15, 0.2) is 101 Å². The Morgan fingerprint density at radius 3 is 1.22 bits per heavy atom. The molecule has 0 radical (unpaired) electrons. The van der Waals surface area contributed by atoms with Crippen LogP contribution in [0.15, 0.2) is 312 Å². The third-order valence-electron chi connectivity index (χ3n) is 16.4. The second-order valence-electron chi connectivity index (χ2n) is 22.9. The number of hydrogen-bond acceptors (Lipinski definition) is 6. The molecule has 93 heavy (non-hydrogen) atoms. The lowest BCUT2D eigenvalue weighted by atomic mass is 9.77. The van der Waals surface area contributed by atoms with Crippen molar-refractivity contribution in [3.8, 4) is 22.3 Å². The summed E-state index contributed by atoms with van der Waals surface area (Å²) in [5.41, 5.74) is 17.4. The van der Waals surface area contributed by atoms with Gasteiger partial charge in [-0.3, -0.25) is 0 Å². The van der Waals surface area contributed by atoms with Crippen LogP contribution >= 0.6 is 0 Å². The van der Waals surface area contributed by atoms with Gasteiger partial charge < -0.3 is 30.1 Å². The molecule has 0 amide bonds. The monoisotopic (exact) mass is 1220 g/mol. The average molecular weight is 1220 g/mol. The Labute approximate surface area is 544 Å². The Morgan fingerprint density at radius 1 is 0.312 bits per heavy atom. The van der Waals surface area contributed by atoms with Gasteiger partial charge in [0.1, 0.15) is 5.39 Å². The molecular formula is C78H73B3N6O6+6. The maximum Gasteiger partial charge on any atom is 0.488 e. The maximum atomic E-state index is 9.54. The van der Waals surface area contributed by atoms with Gasteiger partial charge in [0.25, 0.3) is 0 Å². The molecule has 454 valence electrons. The van der Waals surface area contributed by atoms with E-state index in [2.05, 4.69) is 231 Å². The van der Waals surface area contributed by atoms with E-state index in [1.165, 1.54) is 33.0 Å². The van der Waals surface area contributed by atoms with Crippen molar-refractivity contribution in [3.63, 3.8) is 0 Å². The van der Waals surface area contributed by atoms with E-state index in [1.54, 1.807) is 18.2 Å². The Hall–Kier alpha value is -10.6. The molecule has 13 aromatic rings. The van der Waals surface area contributed by atoms with Crippen molar-refractivity contribution in [1.29, 1.82) is 0 Å². The lowest BCUT2D eigenvalue weighted by Crippen LogP contribution is -2.40. The number of aromatic nitrogens is 6. The second kappa shape index (κ2) is 30.9. The van der Waals surface area contributed by atoms with E-state index in [9.17, 15) is 30.1 Å². The molecule has 0 atom stereocenters. The molecule has 0 aliphatic rings. The number of benzene rings is 7. The normalized spacial score (nSPS) is 10.8. The molecule has 12 nitrogen and oxygen atoms in total. The van der Waals surface area contributed by atoms with Gasteiger partial charge in [0, 0.05) is 105 Å². The van der Waals surface area contributed by atoms with Gasteiger partial charge in [-0.2, -0.15) is 9.13 Å². The van der Waals surface area contributed by atoms with Crippen LogP contribution in [-0.4, -0.2) is 51.5 Å². The summed E-state index contributed by atoms with van der Waals surface area (Å²) in [5.74, 6) is 0. The molecule has 0 unspecified atom stereocenters. The van der Waals surface area contributed by atoms with E-state index in [0.29, 0.717) is 36.0 Å². The summed E-state index contributed by atoms with van der Waals surface area (Å²) < 4.78 is 12.9. The highest BCUT2D eigenvalue weighted by Crippen LogP contribution is 2.22. The highest BCUT2D eigenvalue weighted by molar-refractivity contribution is 6.59. The van der Waals surface area contributed by atoms with Gasteiger partial charge in [-0.25, -0.2) is 18.3 Å². The molecule has 0 aliphatic carbocycles. The molecule has 0 bridgehead atoms. The van der Waals surface area contributed by atoms with E-state index >= 15 is 0 Å². The molecule has 13 rings (SSSR count). The van der Waals surface area contributed by atoms with Crippen LogP contribution in [0.25, 0.3) is 56.2 Å². The molecule has 0 saturated carbocycles. The summed E-state index contributed by atoms with van der Waals surface area (Å²) >= 11 is 0. The highest BCUT2D eigenvalue weighted by atomic mass is 16.4. The zero-order chi connectivity index (χ0) is 64.5. The lowest BCUT2D eigenvalue weighted by Gasteiger charge is -2.07. The van der Waals surface area contributed by atoms with Gasteiger partial charge >= 0.3 is 21.4 Å². The Balaban J connectivity index is 0.000000143. The van der Waals surface area contributed by atoms with E-state index in [-0.39, 0.29) is 0 Å². The summed E-state index contributed by atoms with van der Waals surface area (Å²) in [6, 6.07) is 79.1. The Kier molecular flexibility index (Phi) is 21.3. The average Bonchev–Trinajstić information content (AvgIpc) is 0.816. The van der Waals surface area contributed by atoms with E-state index in [1.807, 2.05) is 102 Å². The van der Waals surface area contributed by atoms with E-state index in [4.69, 9.17) is 0 Å². The van der Waals surface area contributed by atoms with Gasteiger partial charge in [-0.1, -0.05) is 177 Å². The fourth-order valence-electron chi connectivity index (χ4n) is 11.4. The van der Waals surface area contributed by atoms with Crippen LogP contribution in [0.2, 0.25) is 0 Å². The summed E-state index contributed by atoms with van der Waals surface area (Å²) in [7, 11) is -4.37. The number of nitrogens with zero attached hydrogens (tertiary/aromatic N) is 6. The molecule has 7 aromatic carbocycles. The van der Waals surface area contributed by atoms with Crippen LogP contribution in [0.3, 0.4) is 0 Å². The van der Waals surface area contributed by atoms with Gasteiger partial charge in [-0.15, -0.1) is 0 Å². The predicted molar refractivity (Wildman–Crippen MR) is 369 cm³/mol. The van der Waals surface area contributed by atoms with Crippen LogP contribution in [0.1, 0.15) is 44.5 Å². The second-order valence-corrected chi connectivity index (χ2v) is 22.9. The summed E-state index contributed by atoms with van der Waals surface area (Å²) in [5, 5.41) is 59.2. The molecule has 0 saturated heterocycles. The topological polar surface area (TPSA) is 145 Å². The van der Waals surface area contributed by atoms with Gasteiger partial charge in [0.2, 0.25) is 11.0 Å². The zero-order valence-electron chi connectivity index (χ0n) is 51.7. The van der Waals surface area contributed by atoms with Crippen LogP contribution < -0.4 is 43.8 Å². The Bertz CT molecular complexity index is 4620. The fraction of sp³-hybridized carbons (Fsp3) is 0.0769. The highest BCUT2D eigenvalue weighted by Gasteiger charge is 2.22. The first kappa shape index (κ1) is 63.9. The molecule has 15 heteroatoms. The van der Waals surface area contributed by atoms with Crippen molar-refractivity contribution < 1.29 is 57.5 Å². The number of hydrogen-bond donors (Lipinski definition) is 6. The van der Waals surface area contributed by atoms with Crippen molar-refractivity contribution in [2.75, 3.05) is 0 Å². The third-order valence-corrected chi connectivity index (χ3v) is 16.4. The maximum absolute atomic E-state index is 9.54. The van der Waals surface area contributed by atoms with Gasteiger partial charge in [-0.05, 0) is 68.0 Å². The fourth-order valence-corrected chi connectivity index (χ4v) is 11.4. The van der Waals surface area contributed by atoms with Crippen LogP contribution in [0, 0.1) is 0 Å². The summed E-state index contributed by atoms with van der Waals surface area (Å²) in [6.07, 6.45) is 24.4. The first-order valence-electron chi connectivity index (χ1n) is 30.9. The predicted octanol–water partition coefficient (Wildman–Crippen LogP) is 7.04. The van der Waals surface area contributed by atoms with Crippen molar-refractivity contribution in [1.82, 2.24) is 0 Å². The summed E-state index contributed by atoms with van der Waals surface area (Å²) in [4.78, 5) is 0. The Morgan fingerprint density at radius 2 is 0.720 bits per heavy atom. The van der Waals surface area contributed by atoms with E-state index in [0.717, 1.165) is 75.2 Å². The first-order valence-corrected chi connectivity index (χ1v) is 30.9. The standard InChI is InChI=1S/C28H25BN2O2.C26H25BN2O2.C24H23BN2O2/c1-2-21-10-12-22(13-11-21)19-31-17-4-7-24-14-15-27-26(28(24)31)9-5-16-30(27)20-23-6-3-8-25(18-23)29(32)33;1-2-21-6-8-22(9-7-21)19-28-14-10-24(11-15-28)25-12-16-29(17-13-25)20-23-4-3-5-26(18-23)27(30)31;28-25(29)24-9-5-4-8-23(24)19-27-16-12-22(13-17-27)21-10-14-26(15-11-21)18-20-6-2-1-3-7-20/h2-18,32-33H,1,19-20H2;2-18,30-31H,1,19-20H2;1-17,28-29H,18-19H2/q3*+2. The van der Waals surface area contributed by atoms with Gasteiger partial charge in [0.05, 0.1) is 0 Å². The largest absolute Gasteiger partial charge is 0.488 e. The minimum absolute atomic E-state index is 0.499. The SMILES string of the molecule is C=Cc1ccc(C[n+]2ccc(-c3cc[n+](Cc4cccc(B(O)O)c4)cc3)cc2)cc1.C=Cc1ccc(C[n+]2cccc3ccc4c(ccc[n+]4Cc4cccc(B(O)O)c4)c32)cc1.OB(O)c1ccccc1C[n+]1ccc(-c2cc[n+](Cc3ccccc3)cc2)cc1. The minimum atomic E-state index is -1.47. The van der Waals surface area contributed by atoms with Crippen LogP contribution in [0.4, 0.5) is 0 Å². The smallest absolute Gasteiger partial charge is 0.423 e. The van der Waals surface area contributed by atoms with Crippen molar-refractivity contribution >= 4 is 71.7 Å². The van der Waals surface area contributed by atoms with Crippen molar-refractivity contribution in [2.45, 2.75) is 39.3 Å². The molecule has 6 aromatic heterocycles. The molecule has 0 aliphatic heterocycles. The minimum Gasteiger partial charge on any atom is -0.423 e. The van der Waals surface area contributed by atoms with E-state index < -0.39 is 21.4 Å². The zero-order valence-corrected chi connectivity index (χ0v) is 51.7. The van der Waals surface area contributed by atoms with Crippen molar-refractivity contribution in [3.05, 3.63) is 356 Å². The van der Waals surface area contributed by atoms with Crippen LogP contribution in [-0.2, 0) is 39.3 Å². The lowest BCUT2D eigenvalue weighted by molar-refractivity contribution is -0.688. The molecule has 6 heterocycles. The van der Waals surface area contributed by atoms with Crippen LogP contribution in [0.5, 0.6) is 0 Å². The third kappa shape index (κ3) is 17.1. The molecule has 0 spiro atoms. The first-order chi connectivity index (χ1) is 45.4. The number of pyridine rings is 6.